The highest BCUT2D eigenvalue weighted by molar-refractivity contribution is 5.73. The average molecular weight is 192 g/mol. The lowest BCUT2D eigenvalue weighted by Gasteiger charge is -1.97. The Morgan fingerprint density at radius 2 is 1.77 bits per heavy atom. The zero-order valence-electron chi connectivity index (χ0n) is 8.36. The maximum Gasteiger partial charge on any atom is 0.334 e. The van der Waals surface area contributed by atoms with E-state index in [0.29, 0.717) is 6.42 Å². The Bertz CT molecular complexity index is 147. The molecule has 0 rings (SSSR count). The van der Waals surface area contributed by atoms with Crippen LogP contribution in [0.2, 0.25) is 0 Å². The number of rotatable bonds is 2. The minimum Gasteiger partial charge on any atom is -0.469 e. The lowest BCUT2D eigenvalue weighted by atomic mass is 10.4. The zero-order valence-corrected chi connectivity index (χ0v) is 8.36. The Morgan fingerprint density at radius 3 is 1.77 bits per heavy atom. The van der Waals surface area contributed by atoms with Gasteiger partial charge in [-0.2, -0.15) is 0 Å². The summed E-state index contributed by atoms with van der Waals surface area (Å²) in [5.74, 6) is -0.755. The van der Waals surface area contributed by atoms with Crippen LogP contribution in [0, 0.1) is 0 Å². The third kappa shape index (κ3) is 10.9. The molecule has 5 heteroatoms. The third-order valence-electron chi connectivity index (χ3n) is 1.06. The minimum absolute atomic E-state index is 0.157. The second-order valence-electron chi connectivity index (χ2n) is 2.13. The summed E-state index contributed by atoms with van der Waals surface area (Å²) < 4.78 is 8.38. The maximum absolute atomic E-state index is 10.0. The van der Waals surface area contributed by atoms with Gasteiger partial charge in [0.15, 0.2) is 0 Å². The van der Waals surface area contributed by atoms with Crippen molar-refractivity contribution >= 4 is 11.9 Å². The van der Waals surface area contributed by atoms with Crippen LogP contribution in [0.5, 0.6) is 0 Å². The number of carbonyl (C=O) groups is 2. The van der Waals surface area contributed by atoms with E-state index < -0.39 is 12.1 Å². The molecule has 0 spiro atoms. The minimum atomic E-state index is -0.995. The normalized spacial score (nSPS) is 10.5. The molecule has 0 saturated heterocycles. The third-order valence-corrected chi connectivity index (χ3v) is 1.06. The first kappa shape index (κ1) is 14.4. The van der Waals surface area contributed by atoms with Gasteiger partial charge in [0.25, 0.3) is 0 Å². The van der Waals surface area contributed by atoms with Gasteiger partial charge < -0.3 is 14.6 Å². The molecular formula is C8H16O5. The fourth-order valence-corrected chi connectivity index (χ4v) is 0.315. The van der Waals surface area contributed by atoms with Gasteiger partial charge in [-0.3, -0.25) is 4.79 Å². The molecule has 0 radical (unpaired) electrons. The number of aliphatic hydroxyl groups is 1. The van der Waals surface area contributed by atoms with Crippen molar-refractivity contribution in [3.63, 3.8) is 0 Å². The van der Waals surface area contributed by atoms with Gasteiger partial charge in [0.1, 0.15) is 6.10 Å². The molecule has 13 heavy (non-hydrogen) atoms. The van der Waals surface area contributed by atoms with Crippen molar-refractivity contribution < 1.29 is 24.2 Å². The van der Waals surface area contributed by atoms with Crippen molar-refractivity contribution in [1.29, 1.82) is 0 Å². The molecule has 0 amide bonds. The van der Waals surface area contributed by atoms with Crippen molar-refractivity contribution in [3.05, 3.63) is 0 Å². The van der Waals surface area contributed by atoms with E-state index in [1.807, 2.05) is 0 Å². The first-order valence-corrected chi connectivity index (χ1v) is 3.82. The molecule has 0 fully saturated rings. The van der Waals surface area contributed by atoms with Gasteiger partial charge in [0.05, 0.1) is 14.2 Å². The largest absolute Gasteiger partial charge is 0.469 e. The topological polar surface area (TPSA) is 72.8 Å². The van der Waals surface area contributed by atoms with Gasteiger partial charge in [-0.1, -0.05) is 6.92 Å². The average Bonchev–Trinajstić information content (AvgIpc) is 2.16. The molecule has 0 saturated carbocycles. The molecule has 0 aromatic heterocycles. The number of carbonyl (C=O) groups excluding carboxylic acids is 2. The summed E-state index contributed by atoms with van der Waals surface area (Å²) in [6.45, 7) is 3.11. The lowest BCUT2D eigenvalue weighted by molar-refractivity contribution is -0.149. The van der Waals surface area contributed by atoms with E-state index >= 15 is 0 Å². The molecule has 1 atom stereocenters. The predicted molar refractivity (Wildman–Crippen MR) is 46.0 cm³/mol. The van der Waals surface area contributed by atoms with Crippen LogP contribution >= 0.6 is 0 Å². The first-order valence-electron chi connectivity index (χ1n) is 3.82. The van der Waals surface area contributed by atoms with Crippen LogP contribution in [-0.2, 0) is 19.1 Å². The van der Waals surface area contributed by atoms with Crippen LogP contribution < -0.4 is 0 Å². The summed E-state index contributed by atoms with van der Waals surface area (Å²) in [7, 11) is 2.61. The van der Waals surface area contributed by atoms with Crippen molar-refractivity contribution in [2.24, 2.45) is 0 Å². The SMILES string of the molecule is CCC(=O)OC.COC(=O)C(C)O. The monoisotopic (exact) mass is 192 g/mol. The fraction of sp³-hybridized carbons (Fsp3) is 0.750. The van der Waals surface area contributed by atoms with E-state index in [9.17, 15) is 9.59 Å². The summed E-state index contributed by atoms with van der Waals surface area (Å²) in [5, 5.41) is 8.35. The van der Waals surface area contributed by atoms with Crippen molar-refractivity contribution in [3.8, 4) is 0 Å². The smallest absolute Gasteiger partial charge is 0.334 e. The number of esters is 2. The highest BCUT2D eigenvalue weighted by Crippen LogP contribution is 1.80. The molecule has 5 nitrogen and oxygen atoms in total. The van der Waals surface area contributed by atoms with Crippen molar-refractivity contribution in [2.45, 2.75) is 26.4 Å². The van der Waals surface area contributed by atoms with E-state index in [1.54, 1.807) is 6.92 Å². The number of aliphatic hydroxyl groups excluding tert-OH is 1. The number of hydrogen-bond acceptors (Lipinski definition) is 5. The molecule has 0 aliphatic heterocycles. The van der Waals surface area contributed by atoms with E-state index in [4.69, 9.17) is 5.11 Å². The molecular weight excluding hydrogens is 176 g/mol. The van der Waals surface area contributed by atoms with Crippen LogP contribution in [0.15, 0.2) is 0 Å². The molecule has 78 valence electrons. The van der Waals surface area contributed by atoms with Gasteiger partial charge in [-0.05, 0) is 6.92 Å². The standard InChI is InChI=1S/C4H8O3.C4H8O2/c1-3(5)4(6)7-2;1-3-4(5)6-2/h3,5H,1-2H3;3H2,1-2H3. The summed E-state index contributed by atoms with van der Waals surface area (Å²) in [6, 6.07) is 0. The first-order chi connectivity index (χ1) is 5.99. The van der Waals surface area contributed by atoms with Crippen LogP contribution in [-0.4, -0.2) is 37.4 Å². The van der Waals surface area contributed by atoms with E-state index in [1.165, 1.54) is 21.1 Å². The van der Waals surface area contributed by atoms with E-state index in [2.05, 4.69) is 9.47 Å². The van der Waals surface area contributed by atoms with Crippen LogP contribution in [0.3, 0.4) is 0 Å². The van der Waals surface area contributed by atoms with Crippen LogP contribution in [0.1, 0.15) is 20.3 Å². The lowest BCUT2D eigenvalue weighted by Crippen LogP contribution is -2.16. The molecule has 0 heterocycles. The number of ether oxygens (including phenoxy) is 2. The van der Waals surface area contributed by atoms with Crippen molar-refractivity contribution in [1.82, 2.24) is 0 Å². The summed E-state index contributed by atoms with van der Waals surface area (Å²) >= 11 is 0. The molecule has 0 aliphatic rings. The van der Waals surface area contributed by atoms with Gasteiger partial charge in [0, 0.05) is 6.42 Å². The predicted octanol–water partition coefficient (Wildman–Crippen LogP) is 0.110. The number of methoxy groups -OCH3 is 2. The molecule has 0 aromatic carbocycles. The molecule has 0 aromatic rings. The molecule has 0 bridgehead atoms. The van der Waals surface area contributed by atoms with Crippen LogP contribution in [0.4, 0.5) is 0 Å². The fourth-order valence-electron chi connectivity index (χ4n) is 0.315. The number of hydrogen-bond donors (Lipinski definition) is 1. The van der Waals surface area contributed by atoms with E-state index in [-0.39, 0.29) is 5.97 Å². The van der Waals surface area contributed by atoms with Gasteiger partial charge in [-0.25, -0.2) is 4.79 Å². The Balaban J connectivity index is 0. The Morgan fingerprint density at radius 1 is 1.31 bits per heavy atom. The molecule has 1 N–H and O–H groups in total. The Labute approximate surface area is 77.6 Å². The van der Waals surface area contributed by atoms with Crippen LogP contribution in [0.25, 0.3) is 0 Å². The second kappa shape index (κ2) is 8.99. The van der Waals surface area contributed by atoms with Gasteiger partial charge in [0.2, 0.25) is 0 Å². The molecule has 1 unspecified atom stereocenters. The van der Waals surface area contributed by atoms with Crippen molar-refractivity contribution in [2.75, 3.05) is 14.2 Å². The summed E-state index contributed by atoms with van der Waals surface area (Å²) in [6.07, 6.45) is -0.527. The highest BCUT2D eigenvalue weighted by Gasteiger charge is 2.05. The van der Waals surface area contributed by atoms with Gasteiger partial charge >= 0.3 is 11.9 Å². The summed E-state index contributed by atoms with van der Waals surface area (Å²) in [4.78, 5) is 20.0. The Kier molecular flexibility index (Phi) is 9.98. The molecule has 0 aliphatic carbocycles. The zero-order chi connectivity index (χ0) is 10.9. The Hall–Kier alpha value is -1.10. The quantitative estimate of drug-likeness (QED) is 0.628. The highest BCUT2D eigenvalue weighted by atomic mass is 16.5. The summed E-state index contributed by atoms with van der Waals surface area (Å²) in [5.41, 5.74) is 0. The van der Waals surface area contributed by atoms with E-state index in [0.717, 1.165) is 0 Å². The van der Waals surface area contributed by atoms with Gasteiger partial charge in [-0.15, -0.1) is 0 Å². The maximum atomic E-state index is 10.0. The second-order valence-corrected chi connectivity index (χ2v) is 2.13.